The zero-order valence-electron chi connectivity index (χ0n) is 17.2. The van der Waals surface area contributed by atoms with Crippen molar-refractivity contribution in [2.75, 3.05) is 46.4 Å². The van der Waals surface area contributed by atoms with Crippen molar-refractivity contribution in [2.45, 2.75) is 46.1 Å². The Morgan fingerprint density at radius 3 is 2.70 bits per heavy atom. The van der Waals surface area contributed by atoms with Gasteiger partial charge in [-0.05, 0) is 44.7 Å². The van der Waals surface area contributed by atoms with Crippen LogP contribution in [0.5, 0.6) is 0 Å². The van der Waals surface area contributed by atoms with Crippen LogP contribution in [0.1, 0.15) is 50.2 Å². The van der Waals surface area contributed by atoms with E-state index in [4.69, 9.17) is 9.73 Å². The molecule has 1 fully saturated rings. The summed E-state index contributed by atoms with van der Waals surface area (Å²) in [4.78, 5) is 11.9. The second-order valence-electron chi connectivity index (χ2n) is 7.17. The van der Waals surface area contributed by atoms with Gasteiger partial charge in [-0.15, -0.1) is 35.3 Å². The average molecular weight is 510 g/mol. The van der Waals surface area contributed by atoms with Crippen LogP contribution in [0.4, 0.5) is 0 Å². The summed E-state index contributed by atoms with van der Waals surface area (Å²) >= 11 is 1.70. The number of likely N-dealkylation sites (tertiary alicyclic amines) is 1. The quantitative estimate of drug-likeness (QED) is 0.304. The van der Waals surface area contributed by atoms with Crippen LogP contribution in [0.3, 0.4) is 0 Å². The first kappa shape index (κ1) is 24.6. The largest absolute Gasteiger partial charge is 0.383 e. The first-order valence-corrected chi connectivity index (χ1v) is 10.7. The Morgan fingerprint density at radius 1 is 1.37 bits per heavy atom. The van der Waals surface area contributed by atoms with Crippen LogP contribution in [0.25, 0.3) is 0 Å². The number of rotatable bonds is 9. The molecule has 0 spiro atoms. The zero-order valence-corrected chi connectivity index (χ0v) is 20.3. The third kappa shape index (κ3) is 9.06. The Hall–Kier alpha value is -0.450. The molecule has 6 nitrogen and oxygen atoms in total. The van der Waals surface area contributed by atoms with Crippen LogP contribution >= 0.6 is 35.3 Å². The van der Waals surface area contributed by atoms with Crippen LogP contribution in [0, 0.1) is 5.92 Å². The third-order valence-corrected chi connectivity index (χ3v) is 5.61. The number of halogens is 1. The van der Waals surface area contributed by atoms with Crippen LogP contribution in [-0.2, 0) is 11.3 Å². The van der Waals surface area contributed by atoms with E-state index in [9.17, 15) is 0 Å². The van der Waals surface area contributed by atoms with Gasteiger partial charge in [-0.3, -0.25) is 0 Å². The molecule has 0 bridgehead atoms. The molecule has 1 aromatic rings. The fraction of sp³-hybridized carbons (Fsp3) is 0.789. The third-order valence-electron chi connectivity index (χ3n) is 4.75. The summed E-state index contributed by atoms with van der Waals surface area (Å²) in [7, 11) is 1.77. The molecule has 0 unspecified atom stereocenters. The maximum atomic E-state index is 5.17. The highest BCUT2D eigenvalue weighted by Crippen LogP contribution is 2.18. The van der Waals surface area contributed by atoms with E-state index in [1.807, 2.05) is 0 Å². The Kier molecular flexibility index (Phi) is 12.5. The molecule has 0 aliphatic carbocycles. The minimum atomic E-state index is 0. The molecule has 0 amide bonds. The molecule has 0 atom stereocenters. The molecule has 2 heterocycles. The molecule has 2 rings (SSSR count). The summed E-state index contributed by atoms with van der Waals surface area (Å²) in [5, 5.41) is 10.1. The van der Waals surface area contributed by atoms with Gasteiger partial charge in [0.15, 0.2) is 5.96 Å². The molecule has 1 aliphatic heterocycles. The van der Waals surface area contributed by atoms with Crippen LogP contribution < -0.4 is 10.6 Å². The van der Waals surface area contributed by atoms with Gasteiger partial charge in [0, 0.05) is 32.1 Å². The lowest BCUT2D eigenvalue weighted by atomic mass is 9.97. The van der Waals surface area contributed by atoms with Gasteiger partial charge < -0.3 is 20.3 Å². The fourth-order valence-electron chi connectivity index (χ4n) is 3.03. The second-order valence-corrected chi connectivity index (χ2v) is 8.12. The smallest absolute Gasteiger partial charge is 0.191 e. The summed E-state index contributed by atoms with van der Waals surface area (Å²) in [6, 6.07) is 0. The molecule has 0 saturated carbocycles. The molecular weight excluding hydrogens is 473 g/mol. The first-order valence-electron chi connectivity index (χ1n) is 9.80. The van der Waals surface area contributed by atoms with Crippen LogP contribution in [0.2, 0.25) is 0 Å². The minimum Gasteiger partial charge on any atom is -0.383 e. The maximum absolute atomic E-state index is 5.17. The summed E-state index contributed by atoms with van der Waals surface area (Å²) in [5.41, 5.74) is 1.17. The van der Waals surface area contributed by atoms with Gasteiger partial charge in [0.05, 0.1) is 18.8 Å². The fourth-order valence-corrected chi connectivity index (χ4v) is 3.91. The van der Waals surface area contributed by atoms with E-state index in [1.165, 1.54) is 31.6 Å². The van der Waals surface area contributed by atoms with Gasteiger partial charge in [0.2, 0.25) is 0 Å². The summed E-state index contributed by atoms with van der Waals surface area (Å²) < 4.78 is 5.17. The summed E-state index contributed by atoms with van der Waals surface area (Å²) in [5.74, 6) is 2.09. The van der Waals surface area contributed by atoms with Crippen LogP contribution in [0.15, 0.2) is 10.4 Å². The predicted molar refractivity (Wildman–Crippen MR) is 125 cm³/mol. The van der Waals surface area contributed by atoms with Crippen molar-refractivity contribution in [1.82, 2.24) is 20.5 Å². The van der Waals surface area contributed by atoms with Crippen LogP contribution in [-0.4, -0.2) is 62.3 Å². The number of hydrogen-bond acceptors (Lipinski definition) is 5. The molecule has 2 N–H and O–H groups in total. The molecule has 156 valence electrons. The number of methoxy groups -OCH3 is 1. The van der Waals surface area contributed by atoms with Gasteiger partial charge in [0.25, 0.3) is 0 Å². The van der Waals surface area contributed by atoms with Crippen molar-refractivity contribution in [1.29, 1.82) is 0 Å². The lowest BCUT2D eigenvalue weighted by molar-refractivity contribution is 0.121. The van der Waals surface area contributed by atoms with Crippen molar-refractivity contribution in [2.24, 2.45) is 10.9 Å². The summed E-state index contributed by atoms with van der Waals surface area (Å²) in [6.07, 6.45) is 2.47. The number of aliphatic imine (C=N–C) groups is 1. The highest BCUT2D eigenvalue weighted by Gasteiger charge is 2.19. The van der Waals surface area contributed by atoms with E-state index in [-0.39, 0.29) is 24.0 Å². The number of nitrogens with zero attached hydrogens (tertiary/aromatic N) is 3. The Morgan fingerprint density at radius 2 is 2.11 bits per heavy atom. The number of aromatic nitrogens is 1. The zero-order chi connectivity index (χ0) is 18.8. The van der Waals surface area contributed by atoms with E-state index in [1.54, 1.807) is 18.4 Å². The minimum absolute atomic E-state index is 0. The number of hydrogen-bond donors (Lipinski definition) is 2. The van der Waals surface area contributed by atoms with Crippen molar-refractivity contribution in [3.8, 4) is 0 Å². The number of guanidine groups is 1. The normalized spacial score (nSPS) is 16.4. The van der Waals surface area contributed by atoms with Crippen molar-refractivity contribution in [3.05, 3.63) is 16.1 Å². The molecular formula is C19H36IN5OS. The molecule has 0 aromatic carbocycles. The Balaban J connectivity index is 0.00000364. The first-order chi connectivity index (χ1) is 12.6. The maximum Gasteiger partial charge on any atom is 0.191 e. The number of ether oxygens (including phenoxy) is 1. The van der Waals surface area contributed by atoms with Gasteiger partial charge in [-0.25, -0.2) is 9.98 Å². The molecule has 1 aromatic heterocycles. The second kappa shape index (κ2) is 13.7. The van der Waals surface area contributed by atoms with E-state index >= 15 is 0 Å². The molecule has 1 aliphatic rings. The number of nitrogens with one attached hydrogen (secondary N) is 2. The monoisotopic (exact) mass is 509 g/mol. The van der Waals surface area contributed by atoms with Gasteiger partial charge in [-0.2, -0.15) is 0 Å². The Bertz CT molecular complexity index is 544. The molecule has 0 radical (unpaired) electrons. The molecule has 1 saturated heterocycles. The highest BCUT2D eigenvalue weighted by molar-refractivity contribution is 14.0. The Labute approximate surface area is 185 Å². The van der Waals surface area contributed by atoms with Gasteiger partial charge in [0.1, 0.15) is 5.01 Å². The highest BCUT2D eigenvalue weighted by atomic mass is 127. The van der Waals surface area contributed by atoms with E-state index in [2.05, 4.69) is 46.7 Å². The lowest BCUT2D eigenvalue weighted by Gasteiger charge is -2.32. The van der Waals surface area contributed by atoms with Crippen molar-refractivity contribution < 1.29 is 4.74 Å². The van der Waals surface area contributed by atoms with Gasteiger partial charge >= 0.3 is 0 Å². The van der Waals surface area contributed by atoms with Crippen molar-refractivity contribution >= 4 is 41.3 Å². The number of piperidine rings is 1. The van der Waals surface area contributed by atoms with E-state index in [0.717, 1.165) is 37.2 Å². The molecule has 8 heteroatoms. The van der Waals surface area contributed by atoms with E-state index in [0.29, 0.717) is 18.4 Å². The average Bonchev–Trinajstić information content (AvgIpc) is 3.12. The predicted octanol–water partition coefficient (Wildman–Crippen LogP) is 3.30. The van der Waals surface area contributed by atoms with E-state index < -0.39 is 0 Å². The van der Waals surface area contributed by atoms with Crippen molar-refractivity contribution in [3.63, 3.8) is 0 Å². The van der Waals surface area contributed by atoms with Gasteiger partial charge in [-0.1, -0.05) is 13.8 Å². The standard InChI is InChI=1S/C19H35N5OS.HI/c1-5-20-19(22-13-18-23-17(14-26-18)15(2)3)21-12-16-6-8-24(9-7-16)10-11-25-4;/h14-16H,5-13H2,1-4H3,(H2,20,21,22);1H. The number of thiazole rings is 1. The topological polar surface area (TPSA) is 61.8 Å². The molecule has 27 heavy (non-hydrogen) atoms. The summed E-state index contributed by atoms with van der Waals surface area (Å²) in [6.45, 7) is 13.2. The SMILES string of the molecule is CCNC(=NCc1nc(C(C)C)cs1)NCC1CCN(CCOC)CC1.I. The lowest BCUT2D eigenvalue weighted by Crippen LogP contribution is -2.43.